The topological polar surface area (TPSA) is 89.7 Å². The van der Waals surface area contributed by atoms with Crippen LogP contribution in [0, 0.1) is 6.92 Å². The van der Waals surface area contributed by atoms with E-state index in [9.17, 15) is 13.2 Å². The number of rotatable bonds is 6. The van der Waals surface area contributed by atoms with Crippen molar-refractivity contribution >= 4 is 15.9 Å². The Morgan fingerprint density at radius 1 is 1.19 bits per heavy atom. The molecule has 1 atom stereocenters. The molecular weight excluding hydrogens is 352 g/mol. The summed E-state index contributed by atoms with van der Waals surface area (Å²) < 4.78 is 28.0. The van der Waals surface area contributed by atoms with Crippen LogP contribution in [0.2, 0.25) is 0 Å². The minimum Gasteiger partial charge on any atom is -0.496 e. The lowest BCUT2D eigenvalue weighted by molar-refractivity contribution is -0.131. The molecule has 1 amide bonds. The van der Waals surface area contributed by atoms with Gasteiger partial charge in [0.2, 0.25) is 15.9 Å². The average Bonchev–Trinajstić information content (AvgIpc) is 2.61. The maximum absolute atomic E-state index is 12.6. The molecule has 26 heavy (non-hydrogen) atoms. The SMILES string of the molecule is COc1cc(CC(=O)N(C)C(C)c2ccc(S(N)(=O)=O)cc2)ccc1C. The van der Waals surface area contributed by atoms with E-state index in [0.29, 0.717) is 0 Å². The van der Waals surface area contributed by atoms with Gasteiger partial charge in [0, 0.05) is 7.05 Å². The first kappa shape index (κ1) is 19.9. The molecule has 0 aliphatic rings. The molecule has 0 bridgehead atoms. The highest BCUT2D eigenvalue weighted by Crippen LogP contribution is 2.23. The summed E-state index contributed by atoms with van der Waals surface area (Å²) in [6, 6.07) is 11.7. The van der Waals surface area contributed by atoms with Gasteiger partial charge >= 0.3 is 0 Å². The number of carbonyl (C=O) groups is 1. The van der Waals surface area contributed by atoms with Crippen LogP contribution in [-0.4, -0.2) is 33.4 Å². The second kappa shape index (κ2) is 7.88. The molecule has 2 rings (SSSR count). The molecule has 2 N–H and O–H groups in total. The van der Waals surface area contributed by atoms with Gasteiger partial charge in [-0.1, -0.05) is 24.3 Å². The van der Waals surface area contributed by atoms with Crippen molar-refractivity contribution < 1.29 is 17.9 Å². The van der Waals surface area contributed by atoms with Gasteiger partial charge < -0.3 is 9.64 Å². The van der Waals surface area contributed by atoms with Crippen LogP contribution in [0.3, 0.4) is 0 Å². The Morgan fingerprint density at radius 3 is 2.35 bits per heavy atom. The van der Waals surface area contributed by atoms with E-state index in [2.05, 4.69) is 0 Å². The molecule has 0 fully saturated rings. The molecule has 0 radical (unpaired) electrons. The number of sulfonamides is 1. The van der Waals surface area contributed by atoms with Gasteiger partial charge in [-0.2, -0.15) is 0 Å². The molecule has 0 saturated heterocycles. The third-order valence-electron chi connectivity index (χ3n) is 4.49. The number of hydrogen-bond donors (Lipinski definition) is 1. The molecule has 0 spiro atoms. The Hall–Kier alpha value is -2.38. The highest BCUT2D eigenvalue weighted by atomic mass is 32.2. The van der Waals surface area contributed by atoms with Crippen molar-refractivity contribution in [3.8, 4) is 5.75 Å². The second-order valence-corrected chi connectivity index (χ2v) is 7.84. The van der Waals surface area contributed by atoms with Gasteiger partial charge in [0.25, 0.3) is 0 Å². The lowest BCUT2D eigenvalue weighted by Crippen LogP contribution is -2.31. The number of likely N-dealkylation sites (N-methyl/N-ethyl adjacent to an activating group) is 1. The summed E-state index contributed by atoms with van der Waals surface area (Å²) in [4.78, 5) is 14.3. The number of nitrogens with two attached hydrogens (primary N) is 1. The zero-order valence-electron chi connectivity index (χ0n) is 15.4. The molecular formula is C19H24N2O4S. The van der Waals surface area contributed by atoms with Crippen molar-refractivity contribution in [1.82, 2.24) is 4.90 Å². The summed E-state index contributed by atoms with van der Waals surface area (Å²) >= 11 is 0. The van der Waals surface area contributed by atoms with Crippen LogP contribution in [-0.2, 0) is 21.2 Å². The van der Waals surface area contributed by atoms with Crippen LogP contribution in [0.4, 0.5) is 0 Å². The van der Waals surface area contributed by atoms with Crippen LogP contribution >= 0.6 is 0 Å². The summed E-state index contributed by atoms with van der Waals surface area (Å²) in [5.74, 6) is 0.712. The first-order valence-electron chi connectivity index (χ1n) is 8.15. The van der Waals surface area contributed by atoms with Gasteiger partial charge in [-0.25, -0.2) is 13.6 Å². The first-order chi connectivity index (χ1) is 12.1. The second-order valence-electron chi connectivity index (χ2n) is 6.28. The molecule has 140 valence electrons. The molecule has 0 heterocycles. The Bertz CT molecular complexity index is 892. The zero-order valence-corrected chi connectivity index (χ0v) is 16.2. The Morgan fingerprint density at radius 2 is 1.81 bits per heavy atom. The van der Waals surface area contributed by atoms with Gasteiger partial charge in [-0.05, 0) is 48.7 Å². The summed E-state index contributed by atoms with van der Waals surface area (Å²) in [5.41, 5.74) is 2.72. The van der Waals surface area contributed by atoms with Crippen LogP contribution in [0.5, 0.6) is 5.75 Å². The van der Waals surface area contributed by atoms with Crippen LogP contribution in [0.25, 0.3) is 0 Å². The van der Waals surface area contributed by atoms with Crippen LogP contribution in [0.1, 0.15) is 29.7 Å². The molecule has 6 nitrogen and oxygen atoms in total. The summed E-state index contributed by atoms with van der Waals surface area (Å²) in [5, 5.41) is 5.11. The number of benzene rings is 2. The van der Waals surface area contributed by atoms with Crippen LogP contribution < -0.4 is 9.88 Å². The fourth-order valence-electron chi connectivity index (χ4n) is 2.65. The average molecular weight is 376 g/mol. The normalized spacial score (nSPS) is 12.5. The highest BCUT2D eigenvalue weighted by molar-refractivity contribution is 7.89. The molecule has 0 saturated carbocycles. The van der Waals surface area contributed by atoms with E-state index >= 15 is 0 Å². The van der Waals surface area contributed by atoms with E-state index in [4.69, 9.17) is 9.88 Å². The maximum Gasteiger partial charge on any atom is 0.238 e. The first-order valence-corrected chi connectivity index (χ1v) is 9.70. The van der Waals surface area contributed by atoms with E-state index in [1.807, 2.05) is 32.0 Å². The predicted octanol–water partition coefficient (Wildman–Crippen LogP) is 2.41. The molecule has 0 aliphatic carbocycles. The number of methoxy groups -OCH3 is 1. The number of ether oxygens (including phenoxy) is 1. The van der Waals surface area contributed by atoms with Crippen molar-refractivity contribution in [2.75, 3.05) is 14.2 Å². The van der Waals surface area contributed by atoms with E-state index < -0.39 is 10.0 Å². The number of nitrogens with zero attached hydrogens (tertiary/aromatic N) is 1. The fraction of sp³-hybridized carbons (Fsp3) is 0.316. The zero-order chi connectivity index (χ0) is 19.5. The van der Waals surface area contributed by atoms with Gasteiger partial charge in [-0.15, -0.1) is 0 Å². The summed E-state index contributed by atoms with van der Waals surface area (Å²) in [7, 11) is -0.392. The molecule has 2 aromatic carbocycles. The minimum absolute atomic E-state index is 0.0427. The number of aryl methyl sites for hydroxylation is 1. The predicted molar refractivity (Wildman–Crippen MR) is 100 cm³/mol. The Kier molecular flexibility index (Phi) is 6.05. The van der Waals surface area contributed by atoms with Gasteiger partial charge in [0.15, 0.2) is 0 Å². The number of amides is 1. The molecule has 0 aliphatic heterocycles. The van der Waals surface area contributed by atoms with Crippen molar-refractivity contribution in [2.24, 2.45) is 5.14 Å². The fourth-order valence-corrected chi connectivity index (χ4v) is 3.16. The maximum atomic E-state index is 12.6. The van der Waals surface area contributed by atoms with Gasteiger partial charge in [0.1, 0.15) is 5.75 Å². The summed E-state index contributed by atoms with van der Waals surface area (Å²) in [6.07, 6.45) is 0.257. The molecule has 2 aromatic rings. The quantitative estimate of drug-likeness (QED) is 0.838. The van der Waals surface area contributed by atoms with Crippen molar-refractivity contribution in [1.29, 1.82) is 0 Å². The van der Waals surface area contributed by atoms with Crippen molar-refractivity contribution in [3.05, 3.63) is 59.2 Å². The minimum atomic E-state index is -3.73. The number of carbonyl (C=O) groups excluding carboxylic acids is 1. The lowest BCUT2D eigenvalue weighted by Gasteiger charge is -2.25. The van der Waals surface area contributed by atoms with Gasteiger partial charge in [-0.3, -0.25) is 4.79 Å². The van der Waals surface area contributed by atoms with E-state index in [0.717, 1.165) is 22.4 Å². The molecule has 7 heteroatoms. The third kappa shape index (κ3) is 4.62. The van der Waals surface area contributed by atoms with Crippen molar-refractivity contribution in [2.45, 2.75) is 31.2 Å². The third-order valence-corrected chi connectivity index (χ3v) is 5.42. The smallest absolute Gasteiger partial charge is 0.238 e. The number of primary sulfonamides is 1. The molecule has 0 aromatic heterocycles. The van der Waals surface area contributed by atoms with Crippen LogP contribution in [0.15, 0.2) is 47.4 Å². The van der Waals surface area contributed by atoms with E-state index in [1.165, 1.54) is 12.1 Å². The van der Waals surface area contributed by atoms with Crippen molar-refractivity contribution in [3.63, 3.8) is 0 Å². The standard InChI is InChI=1S/C19H24N2O4S/c1-13-5-6-15(11-18(13)25-4)12-19(22)21(3)14(2)16-7-9-17(10-8-16)26(20,23)24/h5-11,14H,12H2,1-4H3,(H2,20,23,24). The number of hydrogen-bond acceptors (Lipinski definition) is 4. The Balaban J connectivity index is 2.12. The van der Waals surface area contributed by atoms with Gasteiger partial charge in [0.05, 0.1) is 24.5 Å². The summed E-state index contributed by atoms with van der Waals surface area (Å²) in [6.45, 7) is 3.84. The Labute approximate surface area is 154 Å². The lowest BCUT2D eigenvalue weighted by atomic mass is 10.0. The molecule has 1 unspecified atom stereocenters. The van der Waals surface area contributed by atoms with E-state index in [-0.39, 0.29) is 23.3 Å². The largest absolute Gasteiger partial charge is 0.496 e. The van der Waals surface area contributed by atoms with E-state index in [1.54, 1.807) is 31.2 Å². The highest BCUT2D eigenvalue weighted by Gasteiger charge is 2.19. The monoisotopic (exact) mass is 376 g/mol.